The molecule has 2 rings (SSSR count). The normalized spacial score (nSPS) is 11.6. The fourth-order valence-electron chi connectivity index (χ4n) is 1.52. The number of ether oxygens (including phenoxy) is 1. The molecule has 1 atom stereocenters. The Balaban J connectivity index is 2.06. The number of rotatable bonds is 4. The summed E-state index contributed by atoms with van der Waals surface area (Å²) < 4.78 is 4.95. The number of hydrogen-bond donors (Lipinski definition) is 0. The molecular formula is C15H11ClO3. The van der Waals surface area contributed by atoms with Crippen LogP contribution in [0.1, 0.15) is 10.9 Å². The van der Waals surface area contributed by atoms with Crippen LogP contribution in [0.4, 0.5) is 0 Å². The van der Waals surface area contributed by atoms with Crippen molar-refractivity contribution in [3.63, 3.8) is 0 Å². The molecule has 1 unspecified atom stereocenters. The Morgan fingerprint density at radius 2 is 1.42 bits per heavy atom. The van der Waals surface area contributed by atoms with Crippen LogP contribution in [0, 0.1) is 0 Å². The standard InChI is InChI=1S/C15H11ClO3/c16-13(11-7-3-1-4-8-11)14(17)15(18)19-12-9-5-2-6-10-12/h1-10,13H. The van der Waals surface area contributed by atoms with Crippen LogP contribution < -0.4 is 4.74 Å². The van der Waals surface area contributed by atoms with Crippen LogP contribution in [-0.4, -0.2) is 11.8 Å². The molecule has 4 heteroatoms. The predicted octanol–water partition coefficient (Wildman–Crippen LogP) is 3.14. The second kappa shape index (κ2) is 6.16. The van der Waals surface area contributed by atoms with E-state index in [1.54, 1.807) is 60.7 Å². The summed E-state index contributed by atoms with van der Waals surface area (Å²) in [6.07, 6.45) is 0. The van der Waals surface area contributed by atoms with E-state index in [9.17, 15) is 9.59 Å². The zero-order valence-corrected chi connectivity index (χ0v) is 10.7. The van der Waals surface area contributed by atoms with Crippen LogP contribution in [0.5, 0.6) is 5.75 Å². The highest BCUT2D eigenvalue weighted by Gasteiger charge is 2.26. The lowest BCUT2D eigenvalue weighted by Crippen LogP contribution is -2.24. The number of ketones is 1. The zero-order chi connectivity index (χ0) is 13.7. The van der Waals surface area contributed by atoms with Gasteiger partial charge in [-0.25, -0.2) is 4.79 Å². The van der Waals surface area contributed by atoms with E-state index in [1.165, 1.54) is 0 Å². The molecular weight excluding hydrogens is 264 g/mol. The van der Waals surface area contributed by atoms with Gasteiger partial charge in [0.05, 0.1) is 0 Å². The van der Waals surface area contributed by atoms with E-state index < -0.39 is 17.1 Å². The maximum atomic E-state index is 11.8. The third-order valence-electron chi connectivity index (χ3n) is 2.48. The molecule has 3 nitrogen and oxygen atoms in total. The topological polar surface area (TPSA) is 43.4 Å². The number of carbonyl (C=O) groups is 2. The summed E-state index contributed by atoms with van der Waals surface area (Å²) in [5, 5.41) is -1.03. The van der Waals surface area contributed by atoms with Gasteiger partial charge in [0.25, 0.3) is 5.78 Å². The first-order valence-corrected chi connectivity index (χ1v) is 6.12. The molecule has 0 aliphatic heterocycles. The molecule has 96 valence electrons. The van der Waals surface area contributed by atoms with E-state index in [2.05, 4.69) is 0 Å². The van der Waals surface area contributed by atoms with Gasteiger partial charge in [-0.15, -0.1) is 11.6 Å². The van der Waals surface area contributed by atoms with Crippen molar-refractivity contribution in [2.45, 2.75) is 5.38 Å². The van der Waals surface area contributed by atoms with Crippen molar-refractivity contribution in [3.05, 3.63) is 66.2 Å². The van der Waals surface area contributed by atoms with Crippen LogP contribution in [0.15, 0.2) is 60.7 Å². The fraction of sp³-hybridized carbons (Fsp3) is 0.0667. The number of esters is 1. The lowest BCUT2D eigenvalue weighted by atomic mass is 10.1. The molecule has 0 aromatic heterocycles. The van der Waals surface area contributed by atoms with Gasteiger partial charge in [-0.2, -0.15) is 0 Å². The van der Waals surface area contributed by atoms with Gasteiger partial charge in [0, 0.05) is 0 Å². The highest BCUT2D eigenvalue weighted by Crippen LogP contribution is 2.22. The van der Waals surface area contributed by atoms with Crippen LogP contribution in [-0.2, 0) is 9.59 Å². The lowest BCUT2D eigenvalue weighted by Gasteiger charge is -2.08. The fourth-order valence-corrected chi connectivity index (χ4v) is 1.76. The van der Waals surface area contributed by atoms with E-state index in [-0.39, 0.29) is 0 Å². The lowest BCUT2D eigenvalue weighted by molar-refractivity contribution is -0.147. The Morgan fingerprint density at radius 1 is 0.895 bits per heavy atom. The molecule has 0 aliphatic carbocycles. The van der Waals surface area contributed by atoms with Gasteiger partial charge in [0.15, 0.2) is 0 Å². The van der Waals surface area contributed by atoms with Gasteiger partial charge in [-0.05, 0) is 17.7 Å². The van der Waals surface area contributed by atoms with Crippen LogP contribution in [0.25, 0.3) is 0 Å². The number of alkyl halides is 1. The van der Waals surface area contributed by atoms with Crippen molar-refractivity contribution in [3.8, 4) is 5.75 Å². The average Bonchev–Trinajstić information content (AvgIpc) is 2.47. The molecule has 0 saturated heterocycles. The van der Waals surface area contributed by atoms with E-state index in [0.29, 0.717) is 11.3 Å². The van der Waals surface area contributed by atoms with Crippen molar-refractivity contribution in [2.75, 3.05) is 0 Å². The first-order valence-electron chi connectivity index (χ1n) is 5.68. The second-order valence-electron chi connectivity index (χ2n) is 3.84. The maximum Gasteiger partial charge on any atom is 0.381 e. The van der Waals surface area contributed by atoms with Gasteiger partial charge in [-0.1, -0.05) is 48.5 Å². The minimum Gasteiger partial charge on any atom is -0.421 e. The van der Waals surface area contributed by atoms with Crippen molar-refractivity contribution in [2.24, 2.45) is 0 Å². The SMILES string of the molecule is O=C(Oc1ccccc1)C(=O)C(Cl)c1ccccc1. The molecule has 0 bridgehead atoms. The number of hydrogen-bond acceptors (Lipinski definition) is 3. The number of carbonyl (C=O) groups excluding carboxylic acids is 2. The summed E-state index contributed by atoms with van der Waals surface area (Å²) in [6.45, 7) is 0. The molecule has 19 heavy (non-hydrogen) atoms. The van der Waals surface area contributed by atoms with Crippen molar-refractivity contribution >= 4 is 23.4 Å². The minimum atomic E-state index is -1.03. The van der Waals surface area contributed by atoms with Crippen LogP contribution in [0.2, 0.25) is 0 Å². The minimum absolute atomic E-state index is 0.317. The molecule has 2 aromatic rings. The van der Waals surface area contributed by atoms with Crippen LogP contribution >= 0.6 is 11.6 Å². The largest absolute Gasteiger partial charge is 0.421 e. The summed E-state index contributed by atoms with van der Waals surface area (Å²) >= 11 is 5.97. The maximum absolute atomic E-state index is 11.8. The summed E-state index contributed by atoms with van der Waals surface area (Å²) in [5.41, 5.74) is 0.569. The van der Waals surface area contributed by atoms with E-state index >= 15 is 0 Å². The molecule has 0 amide bonds. The highest BCUT2D eigenvalue weighted by atomic mass is 35.5. The molecule has 0 aliphatic rings. The van der Waals surface area contributed by atoms with Gasteiger partial charge in [0.1, 0.15) is 11.1 Å². The van der Waals surface area contributed by atoms with E-state index in [1.807, 2.05) is 0 Å². The number of halogens is 1. The zero-order valence-electron chi connectivity index (χ0n) is 9.95. The summed E-state index contributed by atoms with van der Waals surface area (Å²) in [7, 11) is 0. The first kappa shape index (κ1) is 13.3. The van der Waals surface area contributed by atoms with Gasteiger partial charge in [-0.3, -0.25) is 4.79 Å². The van der Waals surface area contributed by atoms with Gasteiger partial charge < -0.3 is 4.74 Å². The summed E-state index contributed by atoms with van der Waals surface area (Å²) in [6, 6.07) is 17.1. The highest BCUT2D eigenvalue weighted by molar-refractivity contribution is 6.47. The number of Topliss-reactive ketones (excluding diaryl/α,β-unsaturated/α-hetero) is 1. The summed E-state index contributed by atoms with van der Waals surface area (Å²) in [5.74, 6) is -1.43. The van der Waals surface area contributed by atoms with E-state index in [4.69, 9.17) is 16.3 Å². The Hall–Kier alpha value is -2.13. The molecule has 0 radical (unpaired) electrons. The Labute approximate surface area is 115 Å². The third-order valence-corrected chi connectivity index (χ3v) is 2.93. The summed E-state index contributed by atoms with van der Waals surface area (Å²) in [4.78, 5) is 23.5. The first-order chi connectivity index (χ1) is 9.18. The third kappa shape index (κ3) is 3.42. The number of benzene rings is 2. The van der Waals surface area contributed by atoms with Crippen molar-refractivity contribution in [1.29, 1.82) is 0 Å². The average molecular weight is 275 g/mol. The molecule has 0 N–H and O–H groups in total. The smallest absolute Gasteiger partial charge is 0.381 e. The van der Waals surface area contributed by atoms with Gasteiger partial charge >= 0.3 is 5.97 Å². The predicted molar refractivity (Wildman–Crippen MR) is 72.1 cm³/mol. The Kier molecular flexibility index (Phi) is 4.31. The van der Waals surface area contributed by atoms with Crippen LogP contribution in [0.3, 0.4) is 0 Å². The van der Waals surface area contributed by atoms with E-state index in [0.717, 1.165) is 0 Å². The molecule has 0 saturated carbocycles. The molecule has 0 spiro atoms. The molecule has 0 heterocycles. The monoisotopic (exact) mass is 274 g/mol. The molecule has 0 fully saturated rings. The second-order valence-corrected chi connectivity index (χ2v) is 4.28. The Morgan fingerprint density at radius 3 is 2.00 bits per heavy atom. The van der Waals surface area contributed by atoms with Crippen molar-refractivity contribution in [1.82, 2.24) is 0 Å². The Bertz CT molecular complexity index is 566. The van der Waals surface area contributed by atoms with Gasteiger partial charge in [0.2, 0.25) is 0 Å². The molecule has 2 aromatic carbocycles. The van der Waals surface area contributed by atoms with Crippen molar-refractivity contribution < 1.29 is 14.3 Å². The number of para-hydroxylation sites is 1. The quantitative estimate of drug-likeness (QED) is 0.372.